The van der Waals surface area contributed by atoms with Crippen molar-refractivity contribution in [3.05, 3.63) is 0 Å². The molecular formula is C10H19FN2O. The van der Waals surface area contributed by atoms with Gasteiger partial charge in [0.05, 0.1) is 0 Å². The molecule has 1 N–H and O–H groups in total. The van der Waals surface area contributed by atoms with Crippen LogP contribution in [0.15, 0.2) is 0 Å². The van der Waals surface area contributed by atoms with Gasteiger partial charge in [-0.1, -0.05) is 6.92 Å². The molecule has 0 radical (unpaired) electrons. The molecule has 1 heterocycles. The number of carbonyl (C=O) groups excluding carboxylic acids is 1. The highest BCUT2D eigenvalue weighted by atomic mass is 19.1. The number of alkyl halides is 1. The summed E-state index contributed by atoms with van der Waals surface area (Å²) in [5.41, 5.74) is -1.11. The SMILES string of the molecule is CCNCC1(F)CCN(C(C)=O)CC1. The van der Waals surface area contributed by atoms with Crippen LogP contribution in [0, 0.1) is 0 Å². The van der Waals surface area contributed by atoms with Crippen molar-refractivity contribution in [2.24, 2.45) is 0 Å². The van der Waals surface area contributed by atoms with Crippen LogP contribution >= 0.6 is 0 Å². The molecule has 1 aliphatic rings. The van der Waals surface area contributed by atoms with Gasteiger partial charge in [-0.15, -0.1) is 0 Å². The Morgan fingerprint density at radius 1 is 1.50 bits per heavy atom. The van der Waals surface area contributed by atoms with Crippen molar-refractivity contribution in [2.45, 2.75) is 32.4 Å². The molecule has 0 aromatic carbocycles. The Labute approximate surface area is 84.7 Å². The Kier molecular flexibility index (Phi) is 3.86. The summed E-state index contributed by atoms with van der Waals surface area (Å²) >= 11 is 0. The summed E-state index contributed by atoms with van der Waals surface area (Å²) in [5.74, 6) is 0.0514. The summed E-state index contributed by atoms with van der Waals surface area (Å²) in [5, 5.41) is 3.02. The van der Waals surface area contributed by atoms with E-state index >= 15 is 0 Å². The molecule has 1 rings (SSSR count). The molecule has 14 heavy (non-hydrogen) atoms. The minimum Gasteiger partial charge on any atom is -0.343 e. The molecule has 1 amide bonds. The summed E-state index contributed by atoms with van der Waals surface area (Å²) < 4.78 is 14.0. The number of hydrogen-bond acceptors (Lipinski definition) is 2. The molecule has 82 valence electrons. The fourth-order valence-corrected chi connectivity index (χ4v) is 1.75. The van der Waals surface area contributed by atoms with Gasteiger partial charge in [0.25, 0.3) is 0 Å². The van der Waals surface area contributed by atoms with E-state index in [1.165, 1.54) is 6.92 Å². The number of carbonyl (C=O) groups is 1. The third-order valence-corrected chi connectivity index (χ3v) is 2.80. The molecule has 0 bridgehead atoms. The molecule has 0 aliphatic carbocycles. The molecular weight excluding hydrogens is 183 g/mol. The second kappa shape index (κ2) is 4.73. The molecule has 0 saturated carbocycles. The smallest absolute Gasteiger partial charge is 0.219 e. The van der Waals surface area contributed by atoms with Crippen LogP contribution in [0.1, 0.15) is 26.7 Å². The van der Waals surface area contributed by atoms with E-state index in [0.29, 0.717) is 32.5 Å². The van der Waals surface area contributed by atoms with Crippen molar-refractivity contribution in [1.29, 1.82) is 0 Å². The van der Waals surface area contributed by atoms with Gasteiger partial charge in [-0.05, 0) is 6.54 Å². The Morgan fingerprint density at radius 2 is 2.07 bits per heavy atom. The summed E-state index contributed by atoms with van der Waals surface area (Å²) in [6.07, 6.45) is 0.916. The number of piperidine rings is 1. The van der Waals surface area contributed by atoms with Crippen molar-refractivity contribution in [3.8, 4) is 0 Å². The fraction of sp³-hybridized carbons (Fsp3) is 0.900. The molecule has 1 saturated heterocycles. The van der Waals surface area contributed by atoms with Gasteiger partial charge in [-0.3, -0.25) is 4.79 Å². The van der Waals surface area contributed by atoms with Gasteiger partial charge < -0.3 is 10.2 Å². The van der Waals surface area contributed by atoms with Crippen LogP contribution in [0.3, 0.4) is 0 Å². The van der Waals surface area contributed by atoms with Crippen LogP contribution in [0.4, 0.5) is 4.39 Å². The molecule has 4 heteroatoms. The molecule has 0 aromatic rings. The predicted molar refractivity (Wildman–Crippen MR) is 53.9 cm³/mol. The van der Waals surface area contributed by atoms with Crippen LogP contribution in [-0.2, 0) is 4.79 Å². The van der Waals surface area contributed by atoms with E-state index in [4.69, 9.17) is 0 Å². The van der Waals surface area contributed by atoms with Crippen LogP contribution in [-0.4, -0.2) is 42.7 Å². The first kappa shape index (κ1) is 11.4. The van der Waals surface area contributed by atoms with E-state index in [1.807, 2.05) is 6.92 Å². The zero-order valence-electron chi connectivity index (χ0n) is 8.98. The molecule has 0 aromatic heterocycles. The van der Waals surface area contributed by atoms with E-state index in [1.54, 1.807) is 4.90 Å². The molecule has 0 atom stereocenters. The van der Waals surface area contributed by atoms with Crippen molar-refractivity contribution >= 4 is 5.91 Å². The molecule has 1 fully saturated rings. The number of nitrogens with one attached hydrogen (secondary N) is 1. The van der Waals surface area contributed by atoms with Crippen molar-refractivity contribution in [3.63, 3.8) is 0 Å². The highest BCUT2D eigenvalue weighted by Crippen LogP contribution is 2.25. The Bertz CT molecular complexity index is 200. The molecule has 3 nitrogen and oxygen atoms in total. The maximum absolute atomic E-state index is 14.0. The summed E-state index contributed by atoms with van der Waals surface area (Å²) in [4.78, 5) is 12.7. The van der Waals surface area contributed by atoms with E-state index in [-0.39, 0.29) is 5.91 Å². The topological polar surface area (TPSA) is 32.3 Å². The Hall–Kier alpha value is -0.640. The highest BCUT2D eigenvalue weighted by molar-refractivity contribution is 5.73. The van der Waals surface area contributed by atoms with Gasteiger partial charge in [0.15, 0.2) is 0 Å². The van der Waals surface area contributed by atoms with Crippen molar-refractivity contribution < 1.29 is 9.18 Å². The second-order valence-electron chi connectivity index (χ2n) is 3.94. The minimum atomic E-state index is -1.11. The number of amides is 1. The quantitative estimate of drug-likeness (QED) is 0.739. The van der Waals surface area contributed by atoms with Crippen LogP contribution in [0.2, 0.25) is 0 Å². The first-order valence-electron chi connectivity index (χ1n) is 5.22. The van der Waals surface area contributed by atoms with Gasteiger partial charge >= 0.3 is 0 Å². The van der Waals surface area contributed by atoms with E-state index in [2.05, 4.69) is 5.32 Å². The standard InChI is InChI=1S/C10H19FN2O/c1-3-12-8-10(11)4-6-13(7-5-10)9(2)14/h12H,3-8H2,1-2H3. The van der Waals surface area contributed by atoms with E-state index < -0.39 is 5.67 Å². The Balaban J connectivity index is 2.36. The van der Waals surface area contributed by atoms with Crippen molar-refractivity contribution in [2.75, 3.05) is 26.2 Å². The lowest BCUT2D eigenvalue weighted by Crippen LogP contribution is -2.48. The van der Waals surface area contributed by atoms with Crippen molar-refractivity contribution in [1.82, 2.24) is 10.2 Å². The number of nitrogens with zero attached hydrogens (tertiary/aromatic N) is 1. The lowest BCUT2D eigenvalue weighted by molar-refractivity contribution is -0.131. The largest absolute Gasteiger partial charge is 0.343 e. The van der Waals surface area contributed by atoms with Crippen LogP contribution < -0.4 is 5.32 Å². The molecule has 0 spiro atoms. The maximum atomic E-state index is 14.0. The van der Waals surface area contributed by atoms with Gasteiger partial charge in [0.2, 0.25) is 5.91 Å². The summed E-state index contributed by atoms with van der Waals surface area (Å²) in [6, 6.07) is 0. The monoisotopic (exact) mass is 202 g/mol. The third kappa shape index (κ3) is 2.94. The third-order valence-electron chi connectivity index (χ3n) is 2.80. The number of rotatable bonds is 3. The Morgan fingerprint density at radius 3 is 2.50 bits per heavy atom. The molecule has 1 aliphatic heterocycles. The first-order chi connectivity index (χ1) is 6.57. The predicted octanol–water partition coefficient (Wildman–Crippen LogP) is 0.946. The van der Waals surface area contributed by atoms with Gasteiger partial charge in [-0.25, -0.2) is 4.39 Å². The number of hydrogen-bond donors (Lipinski definition) is 1. The maximum Gasteiger partial charge on any atom is 0.219 e. The number of likely N-dealkylation sites (tertiary alicyclic amines) is 1. The van der Waals surface area contributed by atoms with Crippen LogP contribution in [0.25, 0.3) is 0 Å². The van der Waals surface area contributed by atoms with Gasteiger partial charge in [0, 0.05) is 39.4 Å². The normalized spacial score (nSPS) is 20.9. The number of halogens is 1. The zero-order valence-corrected chi connectivity index (χ0v) is 8.98. The average Bonchev–Trinajstić information content (AvgIpc) is 2.16. The minimum absolute atomic E-state index is 0.0514. The zero-order chi connectivity index (χ0) is 10.6. The average molecular weight is 202 g/mol. The highest BCUT2D eigenvalue weighted by Gasteiger charge is 2.34. The first-order valence-corrected chi connectivity index (χ1v) is 5.22. The summed E-state index contributed by atoms with van der Waals surface area (Å²) in [7, 11) is 0. The lowest BCUT2D eigenvalue weighted by Gasteiger charge is -2.36. The second-order valence-corrected chi connectivity index (χ2v) is 3.94. The summed E-state index contributed by atoms with van der Waals surface area (Å²) in [6.45, 7) is 5.81. The van der Waals surface area contributed by atoms with Gasteiger partial charge in [0.1, 0.15) is 5.67 Å². The van der Waals surface area contributed by atoms with Gasteiger partial charge in [-0.2, -0.15) is 0 Å². The van der Waals surface area contributed by atoms with E-state index in [0.717, 1.165) is 6.54 Å². The van der Waals surface area contributed by atoms with Crippen LogP contribution in [0.5, 0.6) is 0 Å². The fourth-order valence-electron chi connectivity index (χ4n) is 1.75. The lowest BCUT2D eigenvalue weighted by atomic mass is 9.93. The van der Waals surface area contributed by atoms with E-state index in [9.17, 15) is 9.18 Å². The molecule has 0 unspecified atom stereocenters.